The SMILES string of the molecule is COc1ccc(C2=C([O-])O[N+]S2)cc1. The van der Waals surface area contributed by atoms with Crippen molar-refractivity contribution in [2.24, 2.45) is 0 Å². The Morgan fingerprint density at radius 2 is 2.07 bits per heavy atom. The van der Waals surface area contributed by atoms with Gasteiger partial charge >= 0.3 is 4.89 Å². The number of benzene rings is 1. The molecule has 4 nitrogen and oxygen atoms in total. The van der Waals surface area contributed by atoms with Gasteiger partial charge in [0, 0.05) is 0 Å². The van der Waals surface area contributed by atoms with Gasteiger partial charge in [0.15, 0.2) is 0 Å². The topological polar surface area (TPSA) is 55.6 Å². The van der Waals surface area contributed by atoms with E-state index in [9.17, 15) is 5.11 Å². The second-order valence-electron chi connectivity index (χ2n) is 2.60. The van der Waals surface area contributed by atoms with E-state index in [1.54, 1.807) is 31.4 Å². The van der Waals surface area contributed by atoms with Gasteiger partial charge < -0.3 is 14.7 Å². The predicted molar refractivity (Wildman–Crippen MR) is 50.7 cm³/mol. The van der Waals surface area contributed by atoms with Gasteiger partial charge in [0.1, 0.15) is 16.6 Å². The number of methoxy groups -OCH3 is 1. The fourth-order valence-electron chi connectivity index (χ4n) is 1.08. The summed E-state index contributed by atoms with van der Waals surface area (Å²) in [5.41, 5.74) is 0.794. The Morgan fingerprint density at radius 1 is 1.36 bits per heavy atom. The monoisotopic (exact) mass is 209 g/mol. The number of rotatable bonds is 2. The van der Waals surface area contributed by atoms with Crippen LogP contribution in [-0.2, 0) is 4.84 Å². The molecule has 0 amide bonds. The molecule has 0 aromatic heterocycles. The Morgan fingerprint density at radius 3 is 2.57 bits per heavy atom. The smallest absolute Gasteiger partial charge is 0.321 e. The molecule has 0 spiro atoms. The predicted octanol–water partition coefficient (Wildman–Crippen LogP) is 0.879. The summed E-state index contributed by atoms with van der Waals surface area (Å²) >= 11 is 1.05. The third-order valence-corrected chi connectivity index (χ3v) is 2.52. The van der Waals surface area contributed by atoms with E-state index in [0.29, 0.717) is 4.91 Å². The van der Waals surface area contributed by atoms with E-state index in [1.807, 2.05) is 0 Å². The lowest BCUT2D eigenvalue weighted by Gasteiger charge is -2.01. The molecule has 0 bridgehead atoms. The van der Waals surface area contributed by atoms with Crippen LogP contribution in [0.2, 0.25) is 0 Å². The molecule has 0 atom stereocenters. The van der Waals surface area contributed by atoms with Crippen LogP contribution in [0.3, 0.4) is 0 Å². The second kappa shape index (κ2) is 3.81. The minimum absolute atomic E-state index is 0.403. The molecule has 0 N–H and O–H groups in total. The lowest BCUT2D eigenvalue weighted by atomic mass is 10.2. The molecule has 0 aliphatic carbocycles. The maximum Gasteiger partial charge on any atom is 0.321 e. The van der Waals surface area contributed by atoms with Crippen LogP contribution in [0, 0.1) is 0 Å². The van der Waals surface area contributed by atoms with E-state index in [0.717, 1.165) is 23.3 Å². The normalized spacial score (nSPS) is 15.5. The Kier molecular flexibility index (Phi) is 2.51. The molecule has 0 saturated heterocycles. The summed E-state index contributed by atoms with van der Waals surface area (Å²) < 4.78 is 5.00. The Balaban J connectivity index is 2.29. The van der Waals surface area contributed by atoms with Crippen molar-refractivity contribution in [3.05, 3.63) is 35.8 Å². The van der Waals surface area contributed by atoms with Gasteiger partial charge in [-0.25, -0.2) is 0 Å². The molecule has 1 aliphatic rings. The lowest BCUT2D eigenvalue weighted by Crippen LogP contribution is -2.05. The van der Waals surface area contributed by atoms with E-state index in [2.05, 4.69) is 9.72 Å². The van der Waals surface area contributed by atoms with Crippen molar-refractivity contribution < 1.29 is 14.7 Å². The first-order valence-corrected chi connectivity index (χ1v) is 4.68. The molecule has 0 fully saturated rings. The molecule has 5 heteroatoms. The van der Waals surface area contributed by atoms with Crippen molar-refractivity contribution in [2.45, 2.75) is 0 Å². The van der Waals surface area contributed by atoms with E-state index in [-0.39, 0.29) is 0 Å². The average molecular weight is 209 g/mol. The summed E-state index contributed by atoms with van der Waals surface area (Å²) in [5.74, 6) is 0.350. The molecule has 0 unspecified atom stereocenters. The third-order valence-electron chi connectivity index (χ3n) is 1.79. The molecule has 14 heavy (non-hydrogen) atoms. The van der Waals surface area contributed by atoms with Crippen molar-refractivity contribution in [2.75, 3.05) is 7.11 Å². The van der Waals surface area contributed by atoms with Gasteiger partial charge in [-0.05, 0) is 29.8 Å². The molecule has 2 radical (unpaired) electrons. The fourth-order valence-corrected chi connectivity index (χ4v) is 1.61. The fraction of sp³-hybridized carbons (Fsp3) is 0.111. The first kappa shape index (κ1) is 9.23. The molecule has 1 aromatic rings. The molecule has 1 heterocycles. The largest absolute Gasteiger partial charge is 0.540 e. The summed E-state index contributed by atoms with van der Waals surface area (Å²) in [5, 5.41) is 11.1. The van der Waals surface area contributed by atoms with Crippen LogP contribution in [0.5, 0.6) is 5.75 Å². The maximum atomic E-state index is 11.1. The van der Waals surface area contributed by atoms with Crippen LogP contribution in [0.25, 0.3) is 4.91 Å². The maximum absolute atomic E-state index is 11.1. The zero-order valence-electron chi connectivity index (χ0n) is 7.39. The van der Waals surface area contributed by atoms with Crippen molar-refractivity contribution >= 4 is 16.9 Å². The first-order chi connectivity index (χ1) is 6.81. The standard InChI is InChI=1S/C9H8NO3S/c1-12-7-4-2-6(3-5-7)8-9(11)13-10-14-8/h2-5,11H,1H3/q+1/p-1. The van der Waals surface area contributed by atoms with Gasteiger partial charge in [-0.2, -0.15) is 0 Å². The van der Waals surface area contributed by atoms with Crippen LogP contribution in [0.4, 0.5) is 0 Å². The van der Waals surface area contributed by atoms with Crippen molar-refractivity contribution in [3.63, 3.8) is 0 Å². The van der Waals surface area contributed by atoms with Gasteiger partial charge in [0.2, 0.25) is 0 Å². The van der Waals surface area contributed by atoms with Gasteiger partial charge in [-0.15, -0.1) is 0 Å². The van der Waals surface area contributed by atoms with Crippen LogP contribution in [0.1, 0.15) is 5.56 Å². The molecule has 1 aliphatic heterocycles. The molecular formula is C9H7NO3S. The van der Waals surface area contributed by atoms with Crippen LogP contribution in [0.15, 0.2) is 30.2 Å². The zero-order chi connectivity index (χ0) is 9.97. The Bertz CT molecular complexity index is 361. The van der Waals surface area contributed by atoms with E-state index < -0.39 is 5.95 Å². The van der Waals surface area contributed by atoms with Gasteiger partial charge in [-0.1, -0.05) is 0 Å². The van der Waals surface area contributed by atoms with E-state index in [1.165, 1.54) is 0 Å². The zero-order valence-corrected chi connectivity index (χ0v) is 8.21. The summed E-state index contributed by atoms with van der Waals surface area (Å²) in [6.45, 7) is 0. The lowest BCUT2D eigenvalue weighted by molar-refractivity contribution is -0.358. The highest BCUT2D eigenvalue weighted by Gasteiger charge is 2.24. The molecular weight excluding hydrogens is 202 g/mol. The number of ether oxygens (including phenoxy) is 1. The highest BCUT2D eigenvalue weighted by Crippen LogP contribution is 2.33. The number of nitrogens with zero attached hydrogens (tertiary/aromatic N) is 1. The minimum Gasteiger partial charge on any atom is -0.540 e. The summed E-state index contributed by atoms with van der Waals surface area (Å²) in [4.78, 5) is 8.43. The second-order valence-corrected chi connectivity index (χ2v) is 3.34. The highest BCUT2D eigenvalue weighted by molar-refractivity contribution is 8.06. The summed E-state index contributed by atoms with van der Waals surface area (Å²) in [6, 6.07) is 7.16. The summed E-state index contributed by atoms with van der Waals surface area (Å²) in [6.07, 6.45) is 0. The van der Waals surface area contributed by atoms with Crippen molar-refractivity contribution in [3.8, 4) is 5.75 Å². The third kappa shape index (κ3) is 1.64. The van der Waals surface area contributed by atoms with Crippen LogP contribution >= 0.6 is 11.9 Å². The minimum atomic E-state index is -0.403. The van der Waals surface area contributed by atoms with Crippen molar-refractivity contribution in [1.82, 2.24) is 4.89 Å². The first-order valence-electron chi connectivity index (χ1n) is 3.91. The van der Waals surface area contributed by atoms with Crippen molar-refractivity contribution in [1.29, 1.82) is 0 Å². The molecule has 0 saturated carbocycles. The van der Waals surface area contributed by atoms with Gasteiger partial charge in [-0.3, -0.25) is 0 Å². The quantitative estimate of drug-likeness (QED) is 0.678. The van der Waals surface area contributed by atoms with Crippen LogP contribution in [-0.4, -0.2) is 7.11 Å². The summed E-state index contributed by atoms with van der Waals surface area (Å²) in [7, 11) is 1.59. The van der Waals surface area contributed by atoms with E-state index in [4.69, 9.17) is 4.74 Å². The molecule has 72 valence electrons. The Hall–Kier alpha value is -1.33. The highest BCUT2D eigenvalue weighted by atomic mass is 32.2. The van der Waals surface area contributed by atoms with Crippen LogP contribution < -0.4 is 14.7 Å². The number of hydrogen-bond donors (Lipinski definition) is 0. The van der Waals surface area contributed by atoms with Gasteiger partial charge in [0.25, 0.3) is 11.9 Å². The van der Waals surface area contributed by atoms with Gasteiger partial charge in [0.05, 0.1) is 7.11 Å². The number of hydrogen-bond acceptors (Lipinski definition) is 4. The molecule has 1 aromatic carbocycles. The average Bonchev–Trinajstić information content (AvgIpc) is 2.65. The van der Waals surface area contributed by atoms with E-state index >= 15 is 0 Å². The molecule has 2 rings (SSSR count). The Labute approximate surface area is 85.6 Å².